The second kappa shape index (κ2) is 10.2. The second-order valence-electron chi connectivity index (χ2n) is 7.81. The molecule has 0 fully saturated rings. The van der Waals surface area contributed by atoms with Gasteiger partial charge in [-0.1, -0.05) is 40.9 Å². The molecule has 0 bridgehead atoms. The highest BCUT2D eigenvalue weighted by molar-refractivity contribution is 6.36. The van der Waals surface area contributed by atoms with E-state index < -0.39 is 0 Å². The number of aryl methyl sites for hydroxylation is 4. The lowest BCUT2D eigenvalue weighted by atomic mass is 10.1. The first-order valence-corrected chi connectivity index (χ1v) is 10.9. The molecule has 1 aromatic heterocycles. The van der Waals surface area contributed by atoms with Crippen LogP contribution < -0.4 is 5.32 Å². The fourth-order valence-corrected chi connectivity index (χ4v) is 4.01. The summed E-state index contributed by atoms with van der Waals surface area (Å²) in [5.74, 6) is 0.502. The van der Waals surface area contributed by atoms with E-state index in [4.69, 9.17) is 27.6 Å². The molecule has 0 radical (unpaired) electrons. The van der Waals surface area contributed by atoms with E-state index in [1.165, 1.54) is 4.90 Å². The van der Waals surface area contributed by atoms with Crippen LogP contribution in [0.5, 0.6) is 0 Å². The number of carbonyl (C=O) groups is 2. The van der Waals surface area contributed by atoms with Crippen LogP contribution in [0.15, 0.2) is 40.9 Å². The summed E-state index contributed by atoms with van der Waals surface area (Å²) in [7, 11) is 1.60. The van der Waals surface area contributed by atoms with Crippen molar-refractivity contribution in [2.45, 2.75) is 33.6 Å². The van der Waals surface area contributed by atoms with Crippen molar-refractivity contribution in [2.24, 2.45) is 0 Å². The molecule has 0 spiro atoms. The van der Waals surface area contributed by atoms with Crippen molar-refractivity contribution in [3.05, 3.63) is 69.2 Å². The van der Waals surface area contributed by atoms with Gasteiger partial charge in [0.1, 0.15) is 0 Å². The van der Waals surface area contributed by atoms with Gasteiger partial charge in [0.05, 0.1) is 17.8 Å². The largest absolute Gasteiger partial charge is 0.441 e. The molecule has 3 aromatic rings. The summed E-state index contributed by atoms with van der Waals surface area (Å²) >= 11 is 12.1. The Morgan fingerprint density at radius 1 is 1.09 bits per heavy atom. The minimum Gasteiger partial charge on any atom is -0.441 e. The number of hydrogen-bond donors (Lipinski definition) is 1. The monoisotopic (exact) mass is 473 g/mol. The molecule has 1 heterocycles. The Labute approximate surface area is 197 Å². The Kier molecular flexibility index (Phi) is 7.59. The number of nitrogens with zero attached hydrogens (tertiary/aromatic N) is 2. The number of oxazole rings is 1. The van der Waals surface area contributed by atoms with Crippen molar-refractivity contribution in [2.75, 3.05) is 18.9 Å². The molecule has 2 aromatic carbocycles. The highest BCUT2D eigenvalue weighted by Crippen LogP contribution is 2.31. The van der Waals surface area contributed by atoms with E-state index in [2.05, 4.69) is 10.3 Å². The molecule has 32 heavy (non-hydrogen) atoms. The van der Waals surface area contributed by atoms with Crippen molar-refractivity contribution in [3.8, 4) is 11.3 Å². The topological polar surface area (TPSA) is 75.4 Å². The van der Waals surface area contributed by atoms with E-state index in [0.29, 0.717) is 33.7 Å². The van der Waals surface area contributed by atoms with E-state index in [9.17, 15) is 9.59 Å². The molecule has 2 amide bonds. The summed E-state index contributed by atoms with van der Waals surface area (Å²) in [5.41, 5.74) is 4.58. The lowest BCUT2D eigenvalue weighted by Gasteiger charge is -2.18. The molecule has 0 saturated heterocycles. The number of likely N-dealkylation sites (N-methyl/N-ethyl adjacent to an activating group) is 1. The number of nitrogens with one attached hydrogen (secondary N) is 1. The smallest absolute Gasteiger partial charge is 0.243 e. The summed E-state index contributed by atoms with van der Waals surface area (Å²) in [6, 6.07) is 9.13. The van der Waals surface area contributed by atoms with Gasteiger partial charge in [-0.25, -0.2) is 4.98 Å². The van der Waals surface area contributed by atoms with Gasteiger partial charge < -0.3 is 14.6 Å². The molecule has 168 valence electrons. The maximum Gasteiger partial charge on any atom is 0.243 e. The van der Waals surface area contributed by atoms with Gasteiger partial charge in [-0.05, 0) is 50.1 Å². The number of halogens is 2. The molecular formula is C24H25Cl2N3O3. The van der Waals surface area contributed by atoms with Crippen LogP contribution >= 0.6 is 23.2 Å². The summed E-state index contributed by atoms with van der Waals surface area (Å²) < 4.78 is 5.73. The summed E-state index contributed by atoms with van der Waals surface area (Å²) in [6.45, 7) is 5.88. The van der Waals surface area contributed by atoms with Crippen LogP contribution in [0.25, 0.3) is 11.3 Å². The van der Waals surface area contributed by atoms with Gasteiger partial charge in [-0.15, -0.1) is 0 Å². The average molecular weight is 474 g/mol. The van der Waals surface area contributed by atoms with Gasteiger partial charge in [0, 0.05) is 36.2 Å². The van der Waals surface area contributed by atoms with Crippen LogP contribution in [0, 0.1) is 20.8 Å². The van der Waals surface area contributed by atoms with Crippen LogP contribution in [-0.4, -0.2) is 35.3 Å². The van der Waals surface area contributed by atoms with Gasteiger partial charge in [0.25, 0.3) is 0 Å². The van der Waals surface area contributed by atoms with Gasteiger partial charge in [-0.2, -0.15) is 0 Å². The number of anilines is 1. The maximum atomic E-state index is 12.5. The Hall–Kier alpha value is -2.83. The van der Waals surface area contributed by atoms with E-state index in [-0.39, 0.29) is 24.8 Å². The Morgan fingerprint density at radius 3 is 2.44 bits per heavy atom. The zero-order valence-corrected chi connectivity index (χ0v) is 20.0. The molecular weight excluding hydrogens is 449 g/mol. The van der Waals surface area contributed by atoms with Gasteiger partial charge >= 0.3 is 0 Å². The lowest BCUT2D eigenvalue weighted by Crippen LogP contribution is -2.35. The van der Waals surface area contributed by atoms with Crippen LogP contribution in [0.3, 0.4) is 0 Å². The van der Waals surface area contributed by atoms with Crippen molar-refractivity contribution in [1.29, 1.82) is 0 Å². The minimum atomic E-state index is -0.244. The van der Waals surface area contributed by atoms with E-state index in [1.807, 2.05) is 32.9 Å². The van der Waals surface area contributed by atoms with Crippen LogP contribution in [0.2, 0.25) is 10.0 Å². The number of carbonyl (C=O) groups excluding carboxylic acids is 2. The van der Waals surface area contributed by atoms with Crippen LogP contribution in [0.1, 0.15) is 29.0 Å². The van der Waals surface area contributed by atoms with Gasteiger partial charge in [0.15, 0.2) is 11.7 Å². The Bertz CT molecular complexity index is 1130. The van der Waals surface area contributed by atoms with Crippen molar-refractivity contribution in [3.63, 3.8) is 0 Å². The molecule has 0 aliphatic heterocycles. The van der Waals surface area contributed by atoms with E-state index >= 15 is 0 Å². The standard InChI is InChI=1S/C24H25Cl2N3O3/c1-14-9-15(2)24(16(3)10-14)28-21(30)13-29(4)23(31)8-7-22-27-12-20(32-22)18-6-5-17(25)11-19(18)26/h5-6,9-12H,7-8,13H2,1-4H3,(H,28,30). The van der Waals surface area contributed by atoms with Crippen molar-refractivity contribution >= 4 is 40.7 Å². The molecule has 6 nitrogen and oxygen atoms in total. The fraction of sp³-hybridized carbons (Fsp3) is 0.292. The molecule has 0 aliphatic rings. The Morgan fingerprint density at radius 2 is 1.78 bits per heavy atom. The first kappa shape index (κ1) is 23.8. The van der Waals surface area contributed by atoms with E-state index in [1.54, 1.807) is 31.4 Å². The number of aromatic nitrogens is 1. The summed E-state index contributed by atoms with van der Waals surface area (Å²) in [6.07, 6.45) is 2.05. The van der Waals surface area contributed by atoms with Gasteiger partial charge in [-0.3, -0.25) is 9.59 Å². The number of amides is 2. The van der Waals surface area contributed by atoms with Crippen molar-refractivity contribution in [1.82, 2.24) is 9.88 Å². The molecule has 8 heteroatoms. The quantitative estimate of drug-likeness (QED) is 0.484. The second-order valence-corrected chi connectivity index (χ2v) is 8.66. The number of rotatable bonds is 7. The van der Waals surface area contributed by atoms with E-state index in [0.717, 1.165) is 22.4 Å². The number of benzene rings is 2. The summed E-state index contributed by atoms with van der Waals surface area (Å²) in [5, 5.41) is 3.90. The first-order valence-electron chi connectivity index (χ1n) is 10.2. The fourth-order valence-electron chi connectivity index (χ4n) is 3.50. The molecule has 0 unspecified atom stereocenters. The minimum absolute atomic E-state index is 0.0389. The highest BCUT2D eigenvalue weighted by atomic mass is 35.5. The van der Waals surface area contributed by atoms with Gasteiger partial charge in [0.2, 0.25) is 11.8 Å². The third-order valence-corrected chi connectivity index (χ3v) is 5.60. The zero-order chi connectivity index (χ0) is 23.4. The van der Waals surface area contributed by atoms with Crippen LogP contribution in [0.4, 0.5) is 5.69 Å². The molecule has 0 atom stereocenters. The Balaban J connectivity index is 1.54. The predicted molar refractivity (Wildman–Crippen MR) is 127 cm³/mol. The normalized spacial score (nSPS) is 10.8. The first-order chi connectivity index (χ1) is 15.1. The van der Waals surface area contributed by atoms with Crippen molar-refractivity contribution < 1.29 is 14.0 Å². The highest BCUT2D eigenvalue weighted by Gasteiger charge is 2.17. The zero-order valence-electron chi connectivity index (χ0n) is 18.5. The molecule has 0 aliphatic carbocycles. The van der Waals surface area contributed by atoms with Crippen LogP contribution in [-0.2, 0) is 16.0 Å². The average Bonchev–Trinajstić information content (AvgIpc) is 3.17. The molecule has 3 rings (SSSR count). The lowest BCUT2D eigenvalue weighted by molar-refractivity contribution is -0.133. The maximum absolute atomic E-state index is 12.5. The molecule has 0 saturated carbocycles. The number of hydrogen-bond acceptors (Lipinski definition) is 4. The predicted octanol–water partition coefficient (Wildman–Crippen LogP) is 5.60. The third kappa shape index (κ3) is 5.90. The summed E-state index contributed by atoms with van der Waals surface area (Å²) in [4.78, 5) is 30.6. The SMILES string of the molecule is Cc1cc(C)c(NC(=O)CN(C)C(=O)CCc2ncc(-c3ccc(Cl)cc3Cl)o2)c(C)c1. The third-order valence-electron chi connectivity index (χ3n) is 5.05. The molecule has 1 N–H and O–H groups in total.